The molecule has 1 aliphatic rings. The summed E-state index contributed by atoms with van der Waals surface area (Å²) in [6, 6.07) is 4.99. The van der Waals surface area contributed by atoms with E-state index in [0.29, 0.717) is 16.1 Å². The van der Waals surface area contributed by atoms with Gasteiger partial charge in [-0.25, -0.2) is 4.79 Å². The maximum absolute atomic E-state index is 11.2. The number of carbonyl (C=O) groups is 1. The van der Waals surface area contributed by atoms with Gasteiger partial charge in [0.1, 0.15) is 0 Å². The highest BCUT2D eigenvalue weighted by molar-refractivity contribution is 9.10. The fraction of sp³-hybridized carbons (Fsp3) is 0.429. The molecule has 0 atom stereocenters. The summed E-state index contributed by atoms with van der Waals surface area (Å²) in [5.74, 6) is 0.204. The first-order valence-electron chi connectivity index (χ1n) is 6.97. The Bertz CT molecular complexity index is 665. The van der Waals surface area contributed by atoms with Crippen molar-refractivity contribution >= 4 is 21.9 Å². The topological polar surface area (TPSA) is 80.9 Å². The highest BCUT2D eigenvalue weighted by Gasteiger charge is 2.22. The lowest BCUT2D eigenvalue weighted by atomic mass is 9.88. The molecule has 1 fully saturated rings. The van der Waals surface area contributed by atoms with E-state index in [1.165, 1.54) is 19.3 Å². The molecule has 1 heterocycles. The molecule has 0 amide bonds. The molecule has 0 unspecified atom stereocenters. The predicted molar refractivity (Wildman–Crippen MR) is 79.6 cm³/mol. The van der Waals surface area contributed by atoms with E-state index in [0.717, 1.165) is 18.7 Å². The Morgan fingerprint density at radius 3 is 2.71 bits per heavy atom. The molecule has 1 aromatic heterocycles. The summed E-state index contributed by atoms with van der Waals surface area (Å²) in [5, 5.41) is 21.2. The van der Waals surface area contributed by atoms with Crippen molar-refractivity contribution in [1.82, 2.24) is 20.2 Å². The van der Waals surface area contributed by atoms with Crippen LogP contribution < -0.4 is 0 Å². The predicted octanol–water partition coefficient (Wildman–Crippen LogP) is 3.17. The smallest absolute Gasteiger partial charge is 0.335 e. The zero-order valence-electron chi connectivity index (χ0n) is 11.4. The van der Waals surface area contributed by atoms with Gasteiger partial charge in [-0.15, -0.1) is 5.10 Å². The average molecular weight is 351 g/mol. The number of aromatic nitrogens is 4. The molecule has 3 rings (SSSR count). The van der Waals surface area contributed by atoms with Crippen LogP contribution in [0.15, 0.2) is 22.7 Å². The van der Waals surface area contributed by atoms with Gasteiger partial charge < -0.3 is 5.11 Å². The SMILES string of the molecule is O=C(O)c1cc(Br)cc(-n2nnnc2C2CCCCC2)c1. The van der Waals surface area contributed by atoms with Crippen LogP contribution in [0.1, 0.15) is 54.2 Å². The Balaban J connectivity index is 2.01. The lowest BCUT2D eigenvalue weighted by molar-refractivity contribution is 0.0696. The fourth-order valence-electron chi connectivity index (χ4n) is 2.81. The van der Waals surface area contributed by atoms with Crippen LogP contribution in [0.3, 0.4) is 0 Å². The number of halogens is 1. The number of rotatable bonds is 3. The molecule has 0 bridgehead atoms. The Morgan fingerprint density at radius 2 is 2.00 bits per heavy atom. The van der Waals surface area contributed by atoms with Crippen LogP contribution in [0.4, 0.5) is 0 Å². The van der Waals surface area contributed by atoms with Crippen LogP contribution in [0.2, 0.25) is 0 Å². The van der Waals surface area contributed by atoms with Gasteiger partial charge >= 0.3 is 5.97 Å². The van der Waals surface area contributed by atoms with Crippen molar-refractivity contribution in [2.75, 3.05) is 0 Å². The molecule has 0 radical (unpaired) electrons. The van der Waals surface area contributed by atoms with Crippen molar-refractivity contribution in [2.24, 2.45) is 0 Å². The van der Waals surface area contributed by atoms with Crippen molar-refractivity contribution in [2.45, 2.75) is 38.0 Å². The quantitative estimate of drug-likeness (QED) is 0.919. The molecule has 7 heteroatoms. The lowest BCUT2D eigenvalue weighted by Crippen LogP contribution is -2.12. The second kappa shape index (κ2) is 5.93. The summed E-state index contributed by atoms with van der Waals surface area (Å²) < 4.78 is 2.36. The fourth-order valence-corrected chi connectivity index (χ4v) is 3.29. The molecule has 110 valence electrons. The summed E-state index contributed by atoms with van der Waals surface area (Å²) in [7, 11) is 0. The second-order valence-corrected chi connectivity index (χ2v) is 6.20. The van der Waals surface area contributed by atoms with Gasteiger partial charge in [-0.3, -0.25) is 0 Å². The summed E-state index contributed by atoms with van der Waals surface area (Å²) in [6.45, 7) is 0. The van der Waals surface area contributed by atoms with Crippen LogP contribution in [0, 0.1) is 0 Å². The first kappa shape index (κ1) is 14.2. The van der Waals surface area contributed by atoms with Crippen LogP contribution in [0.5, 0.6) is 0 Å². The molecule has 6 nitrogen and oxygen atoms in total. The van der Waals surface area contributed by atoms with Gasteiger partial charge in [-0.05, 0) is 41.5 Å². The van der Waals surface area contributed by atoms with Gasteiger partial charge in [-0.2, -0.15) is 4.68 Å². The maximum atomic E-state index is 11.2. The third-order valence-electron chi connectivity index (χ3n) is 3.84. The Labute approximate surface area is 130 Å². The van der Waals surface area contributed by atoms with Crippen LogP contribution in [-0.2, 0) is 0 Å². The standard InChI is InChI=1S/C14H15BrN4O2/c15-11-6-10(14(20)21)7-12(8-11)19-13(16-17-18-19)9-4-2-1-3-5-9/h6-9H,1-5H2,(H,20,21). The molecule has 1 aliphatic carbocycles. The van der Waals surface area contributed by atoms with Crippen molar-refractivity contribution in [1.29, 1.82) is 0 Å². The first-order chi connectivity index (χ1) is 10.1. The Hall–Kier alpha value is -1.76. The highest BCUT2D eigenvalue weighted by atomic mass is 79.9. The minimum atomic E-state index is -0.968. The number of tetrazole rings is 1. The van der Waals surface area contributed by atoms with E-state index in [1.54, 1.807) is 16.8 Å². The van der Waals surface area contributed by atoms with E-state index in [4.69, 9.17) is 5.11 Å². The van der Waals surface area contributed by atoms with Gasteiger partial charge in [0.2, 0.25) is 0 Å². The maximum Gasteiger partial charge on any atom is 0.335 e. The first-order valence-corrected chi connectivity index (χ1v) is 7.77. The molecular formula is C14H15BrN4O2. The number of aromatic carboxylic acids is 1. The molecule has 1 N–H and O–H groups in total. The molecule has 1 aromatic carbocycles. The third-order valence-corrected chi connectivity index (χ3v) is 4.30. The molecule has 1 saturated carbocycles. The number of benzene rings is 1. The van der Waals surface area contributed by atoms with E-state index in [2.05, 4.69) is 31.5 Å². The van der Waals surface area contributed by atoms with Crippen LogP contribution >= 0.6 is 15.9 Å². The number of carboxylic acid groups (broad SMARTS) is 1. The minimum Gasteiger partial charge on any atom is -0.478 e. The summed E-state index contributed by atoms with van der Waals surface area (Å²) in [5.41, 5.74) is 0.886. The van der Waals surface area contributed by atoms with Crippen molar-refractivity contribution < 1.29 is 9.90 Å². The second-order valence-electron chi connectivity index (χ2n) is 5.29. The molecule has 2 aromatic rings. The highest BCUT2D eigenvalue weighted by Crippen LogP contribution is 2.32. The van der Waals surface area contributed by atoms with Crippen LogP contribution in [0.25, 0.3) is 5.69 Å². The van der Waals surface area contributed by atoms with Gasteiger partial charge in [-0.1, -0.05) is 35.2 Å². The molecular weight excluding hydrogens is 336 g/mol. The summed E-state index contributed by atoms with van der Waals surface area (Å²) >= 11 is 3.34. The molecule has 0 saturated heterocycles. The number of hydrogen-bond acceptors (Lipinski definition) is 4. The van der Waals surface area contributed by atoms with Crippen LogP contribution in [-0.4, -0.2) is 31.3 Å². The lowest BCUT2D eigenvalue weighted by Gasteiger charge is -2.20. The zero-order chi connectivity index (χ0) is 14.8. The van der Waals surface area contributed by atoms with E-state index in [-0.39, 0.29) is 5.56 Å². The monoisotopic (exact) mass is 350 g/mol. The number of nitrogens with zero attached hydrogens (tertiary/aromatic N) is 4. The van der Waals surface area contributed by atoms with E-state index >= 15 is 0 Å². The van der Waals surface area contributed by atoms with Crippen molar-refractivity contribution in [3.63, 3.8) is 0 Å². The zero-order valence-corrected chi connectivity index (χ0v) is 13.0. The number of hydrogen-bond donors (Lipinski definition) is 1. The summed E-state index contributed by atoms with van der Waals surface area (Å²) in [4.78, 5) is 11.2. The molecule has 21 heavy (non-hydrogen) atoms. The van der Waals surface area contributed by atoms with Gasteiger partial charge in [0.25, 0.3) is 0 Å². The molecule has 0 spiro atoms. The normalized spacial score (nSPS) is 16.0. The molecule has 0 aliphatic heterocycles. The van der Waals surface area contributed by atoms with Gasteiger partial charge in [0.05, 0.1) is 11.3 Å². The Morgan fingerprint density at radius 1 is 1.24 bits per heavy atom. The van der Waals surface area contributed by atoms with Gasteiger partial charge in [0, 0.05) is 10.4 Å². The van der Waals surface area contributed by atoms with E-state index < -0.39 is 5.97 Å². The largest absolute Gasteiger partial charge is 0.478 e. The van der Waals surface area contributed by atoms with Gasteiger partial charge in [0.15, 0.2) is 5.82 Å². The van der Waals surface area contributed by atoms with Crippen molar-refractivity contribution in [3.8, 4) is 5.69 Å². The van der Waals surface area contributed by atoms with E-state index in [9.17, 15) is 4.79 Å². The third kappa shape index (κ3) is 2.97. The number of carboxylic acids is 1. The average Bonchev–Trinajstić information content (AvgIpc) is 2.97. The van der Waals surface area contributed by atoms with Crippen molar-refractivity contribution in [3.05, 3.63) is 34.1 Å². The Kier molecular flexibility index (Phi) is 4.01. The minimum absolute atomic E-state index is 0.212. The van der Waals surface area contributed by atoms with E-state index in [1.807, 2.05) is 6.07 Å². The summed E-state index contributed by atoms with van der Waals surface area (Å²) in [6.07, 6.45) is 5.81.